The first-order chi connectivity index (χ1) is 22.5. The van der Waals surface area contributed by atoms with Gasteiger partial charge in [-0.1, -0.05) is 105 Å². The van der Waals surface area contributed by atoms with Gasteiger partial charge in [0, 0.05) is 39.1 Å². The van der Waals surface area contributed by atoms with Crippen LogP contribution in [0.1, 0.15) is 154 Å². The average Bonchev–Trinajstić information content (AvgIpc) is 3.83. The van der Waals surface area contributed by atoms with E-state index >= 15 is 0 Å². The van der Waals surface area contributed by atoms with E-state index in [9.17, 15) is 9.59 Å². The van der Waals surface area contributed by atoms with Crippen molar-refractivity contribution in [3.05, 3.63) is 64.7 Å². The maximum absolute atomic E-state index is 13.0. The molecule has 0 fully saturated rings. The molecule has 0 aromatic carbocycles. The minimum absolute atomic E-state index is 0.253. The van der Waals surface area contributed by atoms with Crippen molar-refractivity contribution in [1.82, 2.24) is 0 Å². The minimum atomic E-state index is 0.253. The molecule has 46 heavy (non-hydrogen) atoms. The molecular formula is C40H56O2S4. The molecular weight excluding hydrogens is 641 g/mol. The summed E-state index contributed by atoms with van der Waals surface area (Å²) in [4.78, 5) is 28.4. The number of carbonyl (C=O) groups excluding carboxylic acids is 2. The molecule has 0 amide bonds. The smallest absolute Gasteiger partial charge is 0.220 e. The van der Waals surface area contributed by atoms with Crippen LogP contribution in [-0.4, -0.2) is 10.2 Å². The van der Waals surface area contributed by atoms with Gasteiger partial charge in [-0.3, -0.25) is 9.59 Å². The Hall–Kier alpha value is -1.34. The Morgan fingerprint density at radius 1 is 0.457 bits per heavy atom. The molecule has 0 spiro atoms. The van der Waals surface area contributed by atoms with E-state index in [1.54, 1.807) is 0 Å². The molecule has 6 heteroatoms. The lowest BCUT2D eigenvalue weighted by Gasteiger charge is -1.99. The zero-order valence-corrected chi connectivity index (χ0v) is 32.2. The van der Waals surface area contributed by atoms with E-state index in [-0.39, 0.29) is 10.2 Å². The molecule has 0 saturated heterocycles. The normalized spacial score (nSPS) is 18.2. The average molecular weight is 697 g/mol. The van der Waals surface area contributed by atoms with E-state index < -0.39 is 0 Å². The van der Waals surface area contributed by atoms with E-state index in [0.717, 1.165) is 59.5 Å². The second-order valence-corrected chi connectivity index (χ2v) is 17.2. The van der Waals surface area contributed by atoms with Crippen LogP contribution in [0.15, 0.2) is 35.4 Å². The molecule has 2 aliphatic heterocycles. The second-order valence-electron chi connectivity index (χ2n) is 13.0. The third-order valence-corrected chi connectivity index (χ3v) is 13.9. The summed E-state index contributed by atoms with van der Waals surface area (Å²) in [6.07, 6.45) is 27.8. The van der Waals surface area contributed by atoms with Crippen molar-refractivity contribution >= 4 is 66.2 Å². The first kappa shape index (κ1) is 37.5. The highest BCUT2D eigenvalue weighted by molar-refractivity contribution is 8.22. The van der Waals surface area contributed by atoms with Crippen LogP contribution in [0.4, 0.5) is 0 Å². The van der Waals surface area contributed by atoms with Gasteiger partial charge in [0.15, 0.2) is 0 Å². The standard InChI is InChI=1S/C40H56O2S4/c1-5-9-13-17-21-29-25-33(43-37(29)35-27-31(39(41)45-35)23-19-15-11-7-3)34-26-30(22-18-14-10-6-2)38(44-34)36-28-32(40(42)46-36)24-20-16-12-8-4/h25-28H,5-24H2,1-4H3/b34-33+,37-35+,38-36+. The molecule has 0 saturated carbocycles. The van der Waals surface area contributed by atoms with Gasteiger partial charge in [-0.15, -0.1) is 22.7 Å². The van der Waals surface area contributed by atoms with Crippen molar-refractivity contribution in [1.29, 1.82) is 0 Å². The van der Waals surface area contributed by atoms with Crippen LogP contribution in [-0.2, 0) is 22.4 Å². The molecule has 2 nitrogen and oxygen atoms in total. The summed E-state index contributed by atoms with van der Waals surface area (Å²) in [6.45, 7) is 9.01. The van der Waals surface area contributed by atoms with E-state index in [1.807, 2.05) is 22.7 Å². The van der Waals surface area contributed by atoms with Crippen LogP contribution in [0.5, 0.6) is 0 Å². The number of rotatable bonds is 20. The van der Waals surface area contributed by atoms with E-state index in [1.165, 1.54) is 143 Å². The Balaban J connectivity index is 1.78. The van der Waals surface area contributed by atoms with Crippen LogP contribution >= 0.6 is 46.2 Å². The van der Waals surface area contributed by atoms with Crippen molar-refractivity contribution in [2.75, 3.05) is 0 Å². The molecule has 0 N–H and O–H groups in total. The van der Waals surface area contributed by atoms with Crippen LogP contribution in [0.25, 0.3) is 9.81 Å². The van der Waals surface area contributed by atoms with Crippen LogP contribution in [0.3, 0.4) is 0 Å². The maximum Gasteiger partial charge on any atom is 0.220 e. The van der Waals surface area contributed by atoms with Gasteiger partial charge < -0.3 is 0 Å². The minimum Gasteiger partial charge on any atom is -0.282 e. The third kappa shape index (κ3) is 10.8. The number of hydrogen-bond donors (Lipinski definition) is 0. The highest BCUT2D eigenvalue weighted by Gasteiger charge is 2.23. The lowest BCUT2D eigenvalue weighted by molar-refractivity contribution is -0.108. The fraction of sp³-hybridized carbons (Fsp3) is 0.600. The summed E-state index contributed by atoms with van der Waals surface area (Å²) in [5, 5.41) is 0.505. The van der Waals surface area contributed by atoms with E-state index in [4.69, 9.17) is 0 Å². The topological polar surface area (TPSA) is 34.1 Å². The molecule has 0 atom stereocenters. The molecule has 2 aromatic heterocycles. The van der Waals surface area contributed by atoms with Gasteiger partial charge in [0.05, 0.1) is 0 Å². The number of carbonyl (C=O) groups is 2. The van der Waals surface area contributed by atoms with Crippen LogP contribution in [0, 0.1) is 9.06 Å². The monoisotopic (exact) mass is 696 g/mol. The van der Waals surface area contributed by atoms with Crippen molar-refractivity contribution in [2.45, 2.75) is 156 Å². The number of thiophene rings is 2. The highest BCUT2D eigenvalue weighted by Crippen LogP contribution is 2.36. The van der Waals surface area contributed by atoms with Crippen molar-refractivity contribution < 1.29 is 9.59 Å². The molecule has 0 radical (unpaired) electrons. The van der Waals surface area contributed by atoms with Crippen molar-refractivity contribution in [3.8, 4) is 0 Å². The largest absolute Gasteiger partial charge is 0.282 e. The summed E-state index contributed by atoms with van der Waals surface area (Å²) >= 11 is 6.68. The summed E-state index contributed by atoms with van der Waals surface area (Å²) in [5.74, 6) is 0. The Bertz CT molecular complexity index is 1470. The molecule has 2 aliphatic rings. The summed E-state index contributed by atoms with van der Waals surface area (Å²) in [6, 6.07) is 4.86. The zero-order chi connectivity index (χ0) is 32.7. The van der Waals surface area contributed by atoms with Crippen molar-refractivity contribution in [2.24, 2.45) is 0 Å². The van der Waals surface area contributed by atoms with Gasteiger partial charge in [0.25, 0.3) is 0 Å². The third-order valence-electron chi connectivity index (χ3n) is 9.05. The Labute approximate surface area is 295 Å². The summed E-state index contributed by atoms with van der Waals surface area (Å²) in [7, 11) is 0. The van der Waals surface area contributed by atoms with Gasteiger partial charge in [0.2, 0.25) is 10.2 Å². The number of unbranched alkanes of at least 4 members (excludes halogenated alkanes) is 12. The molecule has 2 aromatic rings. The van der Waals surface area contributed by atoms with Gasteiger partial charge in [0.1, 0.15) is 0 Å². The highest BCUT2D eigenvalue weighted by atomic mass is 32.2. The van der Waals surface area contributed by atoms with Crippen LogP contribution < -0.4 is 9.06 Å². The summed E-state index contributed by atoms with van der Waals surface area (Å²) in [5.41, 5.74) is 4.82. The first-order valence-electron chi connectivity index (χ1n) is 18.3. The number of hydrogen-bond acceptors (Lipinski definition) is 6. The fourth-order valence-corrected chi connectivity index (χ4v) is 10.9. The molecule has 0 bridgehead atoms. The maximum atomic E-state index is 13.0. The Morgan fingerprint density at radius 2 is 0.804 bits per heavy atom. The number of thioether (sulfide) groups is 2. The van der Waals surface area contributed by atoms with Crippen LogP contribution in [0.2, 0.25) is 0 Å². The van der Waals surface area contributed by atoms with Gasteiger partial charge in [-0.2, -0.15) is 0 Å². The number of aryl methyl sites for hydroxylation is 2. The van der Waals surface area contributed by atoms with Gasteiger partial charge in [-0.25, -0.2) is 0 Å². The predicted octanol–water partition coefficient (Wildman–Crippen LogP) is 11.9. The molecule has 4 heterocycles. The fourth-order valence-electron chi connectivity index (χ4n) is 6.25. The Kier molecular flexibility index (Phi) is 16.5. The SMILES string of the molecule is CCCCCCC1=C/C(=c2\s/c(=c3\cc(CCCCCC)/c(=C4/C=C(CCCCCC)C(=O)S4)s3)cc2CCCCCC)SC1=O. The molecule has 0 unspecified atom stereocenters. The van der Waals surface area contributed by atoms with Crippen molar-refractivity contribution in [3.63, 3.8) is 0 Å². The van der Waals surface area contributed by atoms with E-state index in [2.05, 4.69) is 52.0 Å². The zero-order valence-electron chi connectivity index (χ0n) is 28.9. The molecule has 0 aliphatic carbocycles. The lowest BCUT2D eigenvalue weighted by Crippen LogP contribution is -2.04. The van der Waals surface area contributed by atoms with Gasteiger partial charge in [-0.05, 0) is 110 Å². The van der Waals surface area contributed by atoms with E-state index in [0.29, 0.717) is 0 Å². The summed E-state index contributed by atoms with van der Waals surface area (Å²) < 4.78 is 5.24. The molecule has 252 valence electrons. The first-order valence-corrected chi connectivity index (χ1v) is 21.6. The predicted molar refractivity (Wildman–Crippen MR) is 207 cm³/mol. The second kappa shape index (κ2) is 20.2. The Morgan fingerprint density at radius 3 is 1.15 bits per heavy atom. The van der Waals surface area contributed by atoms with Gasteiger partial charge >= 0.3 is 0 Å². The molecule has 4 rings (SSSR count). The quantitative estimate of drug-likeness (QED) is 0.129. The lowest BCUT2D eigenvalue weighted by atomic mass is 10.1.